The summed E-state index contributed by atoms with van der Waals surface area (Å²) in [5.74, 6) is -0.243. The molecule has 2 aromatic carbocycles. The van der Waals surface area contributed by atoms with Gasteiger partial charge in [-0.25, -0.2) is 0 Å². The van der Waals surface area contributed by atoms with Gasteiger partial charge in [0.2, 0.25) is 0 Å². The fourth-order valence-corrected chi connectivity index (χ4v) is 1.97. The molecular formula is C15H14ClNO2. The highest BCUT2D eigenvalue weighted by Gasteiger charge is 2.12. The fraction of sp³-hybridized carbons (Fsp3) is 0.133. The zero-order valence-corrected chi connectivity index (χ0v) is 11.5. The molecule has 3 nitrogen and oxygen atoms in total. The first-order valence-corrected chi connectivity index (χ1v) is 6.23. The Morgan fingerprint density at radius 1 is 1.21 bits per heavy atom. The van der Waals surface area contributed by atoms with E-state index in [1.54, 1.807) is 37.3 Å². The van der Waals surface area contributed by atoms with Gasteiger partial charge in [-0.15, -0.1) is 0 Å². The molecule has 0 heterocycles. The van der Waals surface area contributed by atoms with Crippen LogP contribution in [-0.2, 0) is 0 Å². The van der Waals surface area contributed by atoms with Crippen molar-refractivity contribution in [3.8, 4) is 5.75 Å². The number of halogens is 1. The monoisotopic (exact) mass is 275 g/mol. The number of rotatable bonds is 2. The van der Waals surface area contributed by atoms with Crippen LogP contribution in [-0.4, -0.2) is 11.0 Å². The third-order valence-corrected chi connectivity index (χ3v) is 3.32. The van der Waals surface area contributed by atoms with E-state index in [0.29, 0.717) is 21.8 Å². The van der Waals surface area contributed by atoms with Crippen LogP contribution >= 0.6 is 11.6 Å². The predicted octanol–water partition coefficient (Wildman–Crippen LogP) is 3.91. The minimum atomic E-state index is -0.292. The summed E-state index contributed by atoms with van der Waals surface area (Å²) in [7, 11) is 0. The number of hydrogen-bond acceptors (Lipinski definition) is 2. The van der Waals surface area contributed by atoms with Crippen molar-refractivity contribution in [3.05, 3.63) is 58.1 Å². The van der Waals surface area contributed by atoms with Crippen molar-refractivity contribution < 1.29 is 9.90 Å². The molecule has 0 aliphatic carbocycles. The largest absolute Gasteiger partial charge is 0.506 e. The Bertz CT molecular complexity index is 638. The van der Waals surface area contributed by atoms with E-state index in [4.69, 9.17) is 11.6 Å². The minimum Gasteiger partial charge on any atom is -0.506 e. The normalized spacial score (nSPS) is 10.3. The fourth-order valence-electron chi connectivity index (χ4n) is 1.79. The summed E-state index contributed by atoms with van der Waals surface area (Å²) < 4.78 is 0. The molecule has 0 aliphatic heterocycles. The topological polar surface area (TPSA) is 49.3 Å². The SMILES string of the molecule is Cc1ccc(NC(=O)c2cccc(Cl)c2C)c(O)c1. The van der Waals surface area contributed by atoms with E-state index in [1.807, 2.05) is 13.0 Å². The second kappa shape index (κ2) is 5.33. The molecule has 0 spiro atoms. The third kappa shape index (κ3) is 2.88. The average Bonchev–Trinajstić information content (AvgIpc) is 2.36. The smallest absolute Gasteiger partial charge is 0.256 e. The van der Waals surface area contributed by atoms with Crippen molar-refractivity contribution in [1.82, 2.24) is 0 Å². The Morgan fingerprint density at radius 2 is 1.95 bits per heavy atom. The molecule has 4 heteroatoms. The molecule has 0 bridgehead atoms. The van der Waals surface area contributed by atoms with Gasteiger partial charge < -0.3 is 10.4 Å². The van der Waals surface area contributed by atoms with E-state index in [2.05, 4.69) is 5.32 Å². The van der Waals surface area contributed by atoms with Crippen molar-refractivity contribution in [2.24, 2.45) is 0 Å². The van der Waals surface area contributed by atoms with Crippen LogP contribution in [0.2, 0.25) is 5.02 Å². The number of aryl methyl sites for hydroxylation is 1. The maximum absolute atomic E-state index is 12.1. The number of nitrogens with one attached hydrogen (secondary N) is 1. The quantitative estimate of drug-likeness (QED) is 0.816. The number of aromatic hydroxyl groups is 1. The average molecular weight is 276 g/mol. The third-order valence-electron chi connectivity index (χ3n) is 2.91. The van der Waals surface area contributed by atoms with Crippen molar-refractivity contribution in [2.75, 3.05) is 5.32 Å². The Labute approximate surface area is 116 Å². The van der Waals surface area contributed by atoms with Gasteiger partial charge in [0.05, 0.1) is 5.69 Å². The highest BCUT2D eigenvalue weighted by Crippen LogP contribution is 2.25. The number of phenols is 1. The van der Waals surface area contributed by atoms with Crippen LogP contribution < -0.4 is 5.32 Å². The van der Waals surface area contributed by atoms with Gasteiger partial charge >= 0.3 is 0 Å². The molecule has 0 unspecified atom stereocenters. The van der Waals surface area contributed by atoms with Gasteiger partial charge in [-0.2, -0.15) is 0 Å². The molecule has 2 N–H and O–H groups in total. The predicted molar refractivity (Wildman–Crippen MR) is 77.0 cm³/mol. The van der Waals surface area contributed by atoms with Crippen LogP contribution in [0, 0.1) is 13.8 Å². The van der Waals surface area contributed by atoms with Gasteiger partial charge in [0.15, 0.2) is 0 Å². The van der Waals surface area contributed by atoms with E-state index in [-0.39, 0.29) is 11.7 Å². The summed E-state index contributed by atoms with van der Waals surface area (Å²) in [6.07, 6.45) is 0. The summed E-state index contributed by atoms with van der Waals surface area (Å²) in [4.78, 5) is 12.1. The Hall–Kier alpha value is -2.00. The Kier molecular flexibility index (Phi) is 3.76. The second-order valence-electron chi connectivity index (χ2n) is 4.39. The number of carbonyl (C=O) groups is 1. The molecule has 2 aromatic rings. The molecule has 0 atom stereocenters. The van der Waals surface area contributed by atoms with Gasteiger partial charge in [0.25, 0.3) is 5.91 Å². The van der Waals surface area contributed by atoms with Crippen molar-refractivity contribution in [2.45, 2.75) is 13.8 Å². The molecule has 98 valence electrons. The van der Waals surface area contributed by atoms with Gasteiger partial charge in [-0.3, -0.25) is 4.79 Å². The van der Waals surface area contributed by atoms with Crippen LogP contribution in [0.5, 0.6) is 5.75 Å². The Balaban J connectivity index is 2.28. The lowest BCUT2D eigenvalue weighted by atomic mass is 10.1. The lowest BCUT2D eigenvalue weighted by molar-refractivity contribution is 0.102. The lowest BCUT2D eigenvalue weighted by Crippen LogP contribution is -2.13. The molecule has 0 aromatic heterocycles. The van der Waals surface area contributed by atoms with Crippen LogP contribution in [0.4, 0.5) is 5.69 Å². The molecule has 2 rings (SSSR count). The number of benzene rings is 2. The van der Waals surface area contributed by atoms with E-state index >= 15 is 0 Å². The molecular weight excluding hydrogens is 262 g/mol. The highest BCUT2D eigenvalue weighted by atomic mass is 35.5. The maximum Gasteiger partial charge on any atom is 0.256 e. The molecule has 0 aliphatic rings. The number of phenolic OH excluding ortho intramolecular Hbond substituents is 1. The molecule has 19 heavy (non-hydrogen) atoms. The van der Waals surface area contributed by atoms with Crippen LogP contribution in [0.1, 0.15) is 21.5 Å². The van der Waals surface area contributed by atoms with Crippen LogP contribution in [0.25, 0.3) is 0 Å². The van der Waals surface area contributed by atoms with Crippen molar-refractivity contribution in [3.63, 3.8) is 0 Å². The van der Waals surface area contributed by atoms with E-state index in [0.717, 1.165) is 5.56 Å². The second-order valence-corrected chi connectivity index (χ2v) is 4.79. The molecule has 1 amide bonds. The van der Waals surface area contributed by atoms with Gasteiger partial charge in [-0.1, -0.05) is 23.7 Å². The highest BCUT2D eigenvalue weighted by molar-refractivity contribution is 6.32. The summed E-state index contributed by atoms with van der Waals surface area (Å²) in [6, 6.07) is 10.2. The van der Waals surface area contributed by atoms with E-state index < -0.39 is 0 Å². The minimum absolute atomic E-state index is 0.0491. The Morgan fingerprint density at radius 3 is 2.63 bits per heavy atom. The standard InChI is InChI=1S/C15H14ClNO2/c1-9-6-7-13(14(18)8-9)17-15(19)11-4-3-5-12(16)10(11)2/h3-8,18H,1-2H3,(H,17,19). The maximum atomic E-state index is 12.1. The van der Waals surface area contributed by atoms with Crippen LogP contribution in [0.3, 0.4) is 0 Å². The zero-order chi connectivity index (χ0) is 14.0. The van der Waals surface area contributed by atoms with E-state index in [1.165, 1.54) is 0 Å². The first-order valence-electron chi connectivity index (χ1n) is 5.85. The summed E-state index contributed by atoms with van der Waals surface area (Å²) >= 11 is 5.98. The van der Waals surface area contributed by atoms with Crippen LogP contribution in [0.15, 0.2) is 36.4 Å². The van der Waals surface area contributed by atoms with E-state index in [9.17, 15) is 9.90 Å². The summed E-state index contributed by atoms with van der Waals surface area (Å²) in [5.41, 5.74) is 2.52. The molecule has 0 saturated carbocycles. The van der Waals surface area contributed by atoms with Crippen molar-refractivity contribution >= 4 is 23.2 Å². The molecule has 0 fully saturated rings. The number of carbonyl (C=O) groups excluding carboxylic acids is 1. The van der Waals surface area contributed by atoms with Gasteiger partial charge in [0, 0.05) is 10.6 Å². The first-order chi connectivity index (χ1) is 8.99. The molecule has 0 saturated heterocycles. The number of anilines is 1. The van der Waals surface area contributed by atoms with Crippen molar-refractivity contribution in [1.29, 1.82) is 0 Å². The summed E-state index contributed by atoms with van der Waals surface area (Å²) in [6.45, 7) is 3.65. The van der Waals surface area contributed by atoms with Gasteiger partial charge in [-0.05, 0) is 49.2 Å². The number of amides is 1. The lowest BCUT2D eigenvalue weighted by Gasteiger charge is -2.10. The van der Waals surface area contributed by atoms with Gasteiger partial charge in [0.1, 0.15) is 5.75 Å². The summed E-state index contributed by atoms with van der Waals surface area (Å²) in [5, 5.41) is 13.0. The zero-order valence-electron chi connectivity index (χ0n) is 10.7. The number of hydrogen-bond donors (Lipinski definition) is 2. The first kappa shape index (κ1) is 13.4. The molecule has 0 radical (unpaired) electrons.